The Morgan fingerprint density at radius 3 is 2.31 bits per heavy atom. The summed E-state index contributed by atoms with van der Waals surface area (Å²) in [4.78, 5) is 25.5. The van der Waals surface area contributed by atoms with Crippen LogP contribution < -0.4 is 10.2 Å². The predicted molar refractivity (Wildman–Crippen MR) is 106 cm³/mol. The maximum absolute atomic E-state index is 12.5. The summed E-state index contributed by atoms with van der Waals surface area (Å²) >= 11 is 0. The molecule has 0 radical (unpaired) electrons. The van der Waals surface area contributed by atoms with Gasteiger partial charge in [0.25, 0.3) is 0 Å². The zero-order chi connectivity index (χ0) is 18.6. The first-order valence-electron chi connectivity index (χ1n) is 9.31. The summed E-state index contributed by atoms with van der Waals surface area (Å²) in [7, 11) is 0. The van der Waals surface area contributed by atoms with Gasteiger partial charge < -0.3 is 15.0 Å². The highest BCUT2D eigenvalue weighted by atomic mass is 16.2. The van der Waals surface area contributed by atoms with E-state index in [-0.39, 0.29) is 11.9 Å². The maximum Gasteiger partial charge on any atom is 0.226 e. The molecular weight excluding hydrogens is 324 g/mol. The zero-order valence-electron chi connectivity index (χ0n) is 15.4. The van der Waals surface area contributed by atoms with Crippen LogP contribution in [0.1, 0.15) is 31.7 Å². The summed E-state index contributed by atoms with van der Waals surface area (Å²) < 4.78 is 0. The van der Waals surface area contributed by atoms with Gasteiger partial charge in [0, 0.05) is 24.6 Å². The molecule has 1 unspecified atom stereocenters. The zero-order valence-corrected chi connectivity index (χ0v) is 15.4. The highest BCUT2D eigenvalue weighted by Crippen LogP contribution is 2.21. The molecule has 0 aliphatic carbocycles. The minimum absolute atomic E-state index is 0.0485. The Labute approximate surface area is 156 Å². The van der Waals surface area contributed by atoms with Gasteiger partial charge in [-0.1, -0.05) is 55.5 Å². The maximum atomic E-state index is 12.5. The second kappa shape index (κ2) is 11.2. The molecule has 0 saturated carbocycles. The van der Waals surface area contributed by atoms with Crippen LogP contribution in [-0.2, 0) is 16.0 Å². The summed E-state index contributed by atoms with van der Waals surface area (Å²) in [5, 5.41) is 3.43. The standard InChI is InChI=1S/C22H28N2O2/c1-2-22(26)24(20-11-7-4-8-12-20)21(15-18-25)14-17-23-16-13-19-9-5-3-6-10-19/h3-12,18,21,23H,2,13-17H2,1H3. The van der Waals surface area contributed by atoms with Gasteiger partial charge in [0.15, 0.2) is 0 Å². The molecule has 0 aromatic heterocycles. The smallest absolute Gasteiger partial charge is 0.226 e. The first-order valence-corrected chi connectivity index (χ1v) is 9.31. The van der Waals surface area contributed by atoms with Crippen LogP contribution >= 0.6 is 0 Å². The molecule has 0 aliphatic heterocycles. The van der Waals surface area contributed by atoms with Gasteiger partial charge in [-0.25, -0.2) is 0 Å². The van der Waals surface area contributed by atoms with Gasteiger partial charge in [-0.15, -0.1) is 0 Å². The van der Waals surface area contributed by atoms with Crippen molar-refractivity contribution in [1.29, 1.82) is 0 Å². The van der Waals surface area contributed by atoms with Crippen LogP contribution in [0.2, 0.25) is 0 Å². The van der Waals surface area contributed by atoms with Crippen molar-refractivity contribution >= 4 is 17.9 Å². The van der Waals surface area contributed by atoms with Crippen molar-refractivity contribution in [2.24, 2.45) is 0 Å². The Morgan fingerprint density at radius 1 is 1.04 bits per heavy atom. The van der Waals surface area contributed by atoms with Crippen molar-refractivity contribution in [2.75, 3.05) is 18.0 Å². The highest BCUT2D eigenvalue weighted by molar-refractivity contribution is 5.94. The van der Waals surface area contributed by atoms with E-state index in [9.17, 15) is 9.59 Å². The van der Waals surface area contributed by atoms with E-state index in [4.69, 9.17) is 0 Å². The number of nitrogens with zero attached hydrogens (tertiary/aromatic N) is 1. The summed E-state index contributed by atoms with van der Waals surface area (Å²) in [5.41, 5.74) is 2.16. The van der Waals surface area contributed by atoms with E-state index in [0.29, 0.717) is 12.8 Å². The lowest BCUT2D eigenvalue weighted by atomic mass is 10.1. The molecule has 2 aromatic rings. The van der Waals surface area contributed by atoms with E-state index in [0.717, 1.165) is 37.9 Å². The van der Waals surface area contributed by atoms with E-state index in [2.05, 4.69) is 17.4 Å². The second-order valence-electron chi connectivity index (χ2n) is 6.28. The summed E-state index contributed by atoms with van der Waals surface area (Å²) in [6.07, 6.45) is 3.39. The van der Waals surface area contributed by atoms with Crippen molar-refractivity contribution in [3.8, 4) is 0 Å². The molecule has 0 heterocycles. The van der Waals surface area contributed by atoms with Crippen molar-refractivity contribution in [1.82, 2.24) is 5.32 Å². The fraction of sp³-hybridized carbons (Fsp3) is 0.364. The molecule has 26 heavy (non-hydrogen) atoms. The molecule has 2 aromatic carbocycles. The minimum atomic E-state index is -0.119. The van der Waals surface area contributed by atoms with Crippen LogP contribution in [0.25, 0.3) is 0 Å². The first-order chi connectivity index (χ1) is 12.8. The molecule has 0 aliphatic rings. The topological polar surface area (TPSA) is 49.4 Å². The van der Waals surface area contributed by atoms with E-state index in [1.165, 1.54) is 5.56 Å². The largest absolute Gasteiger partial charge is 0.316 e. The lowest BCUT2D eigenvalue weighted by Crippen LogP contribution is -2.42. The average Bonchev–Trinajstić information content (AvgIpc) is 2.69. The molecule has 4 nitrogen and oxygen atoms in total. The number of rotatable bonds is 11. The summed E-state index contributed by atoms with van der Waals surface area (Å²) in [5.74, 6) is 0.0485. The minimum Gasteiger partial charge on any atom is -0.316 e. The van der Waals surface area contributed by atoms with Crippen molar-refractivity contribution < 1.29 is 9.59 Å². The summed E-state index contributed by atoms with van der Waals surface area (Å²) in [6.45, 7) is 3.50. The number of benzene rings is 2. The normalized spacial score (nSPS) is 11.7. The van der Waals surface area contributed by atoms with E-state index < -0.39 is 0 Å². The Balaban J connectivity index is 1.92. The highest BCUT2D eigenvalue weighted by Gasteiger charge is 2.23. The molecule has 0 spiro atoms. The molecule has 1 N–H and O–H groups in total. The molecule has 4 heteroatoms. The molecule has 1 atom stereocenters. The van der Waals surface area contributed by atoms with Crippen LogP contribution in [-0.4, -0.2) is 31.3 Å². The van der Waals surface area contributed by atoms with Crippen molar-refractivity contribution in [3.63, 3.8) is 0 Å². The van der Waals surface area contributed by atoms with Crippen LogP contribution in [0.4, 0.5) is 5.69 Å². The van der Waals surface area contributed by atoms with Crippen molar-refractivity contribution in [3.05, 3.63) is 66.2 Å². The number of aldehydes is 1. The molecule has 1 amide bonds. The monoisotopic (exact) mass is 352 g/mol. The van der Waals surface area contributed by atoms with Crippen LogP contribution in [0, 0.1) is 0 Å². The predicted octanol–water partition coefficient (Wildman–Crippen LogP) is 3.61. The lowest BCUT2D eigenvalue weighted by Gasteiger charge is -2.31. The third kappa shape index (κ3) is 6.12. The Bertz CT molecular complexity index is 658. The average molecular weight is 352 g/mol. The van der Waals surface area contributed by atoms with E-state index in [1.807, 2.05) is 55.5 Å². The number of carbonyl (C=O) groups is 2. The number of hydrogen-bond donors (Lipinski definition) is 1. The van der Waals surface area contributed by atoms with Gasteiger partial charge in [-0.2, -0.15) is 0 Å². The number of nitrogens with one attached hydrogen (secondary N) is 1. The van der Waals surface area contributed by atoms with Gasteiger partial charge in [-0.3, -0.25) is 4.79 Å². The van der Waals surface area contributed by atoms with Crippen LogP contribution in [0.3, 0.4) is 0 Å². The molecule has 2 rings (SSSR count). The van der Waals surface area contributed by atoms with Gasteiger partial charge in [0.1, 0.15) is 6.29 Å². The van der Waals surface area contributed by atoms with Crippen molar-refractivity contribution in [2.45, 2.75) is 38.6 Å². The Kier molecular flexibility index (Phi) is 8.56. The third-order valence-electron chi connectivity index (χ3n) is 4.43. The SMILES string of the molecule is CCC(=O)N(c1ccccc1)C(CC=O)CCNCCc1ccccc1. The number of anilines is 1. The number of carbonyl (C=O) groups excluding carboxylic acids is 2. The Hall–Kier alpha value is -2.46. The quantitative estimate of drug-likeness (QED) is 0.496. The number of para-hydroxylation sites is 1. The van der Waals surface area contributed by atoms with Crippen LogP contribution in [0.15, 0.2) is 60.7 Å². The molecule has 0 saturated heterocycles. The molecule has 0 bridgehead atoms. The lowest BCUT2D eigenvalue weighted by molar-refractivity contribution is -0.118. The van der Waals surface area contributed by atoms with Gasteiger partial charge in [0.05, 0.1) is 0 Å². The van der Waals surface area contributed by atoms with E-state index >= 15 is 0 Å². The van der Waals surface area contributed by atoms with Gasteiger partial charge >= 0.3 is 0 Å². The number of amides is 1. The van der Waals surface area contributed by atoms with Crippen LogP contribution in [0.5, 0.6) is 0 Å². The summed E-state index contributed by atoms with van der Waals surface area (Å²) in [6, 6.07) is 19.8. The molecule has 138 valence electrons. The second-order valence-corrected chi connectivity index (χ2v) is 6.28. The fourth-order valence-electron chi connectivity index (χ4n) is 3.05. The fourth-order valence-corrected chi connectivity index (χ4v) is 3.05. The molecular formula is C22H28N2O2. The Morgan fingerprint density at radius 2 is 1.69 bits per heavy atom. The third-order valence-corrected chi connectivity index (χ3v) is 4.43. The molecule has 0 fully saturated rings. The van der Waals surface area contributed by atoms with Gasteiger partial charge in [-0.05, 0) is 43.6 Å². The van der Waals surface area contributed by atoms with Gasteiger partial charge in [0.2, 0.25) is 5.91 Å². The number of hydrogen-bond acceptors (Lipinski definition) is 3. The first kappa shape index (κ1) is 19.9. The van der Waals surface area contributed by atoms with E-state index in [1.54, 1.807) is 4.90 Å².